The molecule has 2 fully saturated rings. The summed E-state index contributed by atoms with van der Waals surface area (Å²) in [5, 5.41) is 11.1. The minimum atomic E-state index is 0.218. The summed E-state index contributed by atoms with van der Waals surface area (Å²) in [5.74, 6) is 2.86. The number of H-pyrrole nitrogens is 1. The van der Waals surface area contributed by atoms with E-state index in [1.807, 2.05) is 12.4 Å². The van der Waals surface area contributed by atoms with Gasteiger partial charge in [0.25, 0.3) is 0 Å². The predicted octanol–water partition coefficient (Wildman–Crippen LogP) is 2.61. The molecule has 3 heterocycles. The highest BCUT2D eigenvalue weighted by molar-refractivity contribution is 5.12. The van der Waals surface area contributed by atoms with Gasteiger partial charge in [-0.05, 0) is 57.2 Å². The lowest BCUT2D eigenvalue weighted by molar-refractivity contribution is 0.136. The minimum absolute atomic E-state index is 0.218. The van der Waals surface area contributed by atoms with E-state index >= 15 is 0 Å². The smallest absolute Gasteiger partial charge is 0.243 e. The van der Waals surface area contributed by atoms with Crippen molar-refractivity contribution in [1.29, 1.82) is 0 Å². The van der Waals surface area contributed by atoms with Crippen molar-refractivity contribution in [1.82, 2.24) is 25.2 Å². The van der Waals surface area contributed by atoms with Crippen LogP contribution in [0.2, 0.25) is 0 Å². The summed E-state index contributed by atoms with van der Waals surface area (Å²) in [6.45, 7) is 4.30. The van der Waals surface area contributed by atoms with Crippen molar-refractivity contribution in [3.05, 3.63) is 29.7 Å². The maximum absolute atomic E-state index is 5.46. The molecule has 1 aliphatic carbocycles. The number of aromatic nitrogens is 4. The van der Waals surface area contributed by atoms with Gasteiger partial charge in [-0.15, -0.1) is 0 Å². The van der Waals surface area contributed by atoms with Crippen LogP contribution >= 0.6 is 0 Å². The Bertz CT molecular complexity index is 581. The first-order valence-electron chi connectivity index (χ1n) is 7.87. The fourth-order valence-electron chi connectivity index (χ4n) is 3.18. The molecule has 2 aromatic rings. The van der Waals surface area contributed by atoms with Crippen LogP contribution in [0.5, 0.6) is 0 Å². The van der Waals surface area contributed by atoms with Crippen molar-refractivity contribution in [3.8, 4) is 0 Å². The first-order chi connectivity index (χ1) is 10.3. The highest BCUT2D eigenvalue weighted by Crippen LogP contribution is 2.39. The van der Waals surface area contributed by atoms with Gasteiger partial charge in [0.15, 0.2) is 5.82 Å². The zero-order valence-corrected chi connectivity index (χ0v) is 12.3. The molecule has 0 aromatic carbocycles. The minimum Gasteiger partial charge on any atom is -0.338 e. The molecule has 0 bridgehead atoms. The average molecular weight is 287 g/mol. The average Bonchev–Trinajstić information content (AvgIpc) is 3.05. The zero-order valence-electron chi connectivity index (χ0n) is 12.3. The van der Waals surface area contributed by atoms with Gasteiger partial charge in [-0.2, -0.15) is 10.1 Å². The molecule has 1 saturated carbocycles. The summed E-state index contributed by atoms with van der Waals surface area (Å²) >= 11 is 0. The summed E-state index contributed by atoms with van der Waals surface area (Å²) in [6, 6.07) is 0.218. The van der Waals surface area contributed by atoms with Crippen LogP contribution in [0.15, 0.2) is 16.9 Å². The van der Waals surface area contributed by atoms with Gasteiger partial charge in [-0.25, -0.2) is 0 Å². The fraction of sp³-hybridized carbons (Fsp3) is 0.667. The summed E-state index contributed by atoms with van der Waals surface area (Å²) in [4.78, 5) is 7.03. The van der Waals surface area contributed by atoms with E-state index in [0.29, 0.717) is 11.8 Å². The van der Waals surface area contributed by atoms with Gasteiger partial charge in [0.1, 0.15) is 0 Å². The van der Waals surface area contributed by atoms with Crippen LogP contribution in [0.1, 0.15) is 67.8 Å². The van der Waals surface area contributed by atoms with Gasteiger partial charge in [0.2, 0.25) is 5.89 Å². The van der Waals surface area contributed by atoms with E-state index in [0.717, 1.165) is 37.6 Å². The van der Waals surface area contributed by atoms with E-state index in [1.165, 1.54) is 18.4 Å². The SMILES string of the molecule is CC(c1nc(C2CC2)no1)N1CCC(c2cn[nH]c2)CC1. The van der Waals surface area contributed by atoms with Crippen LogP contribution in [-0.4, -0.2) is 38.3 Å². The Balaban J connectivity index is 1.38. The Hall–Kier alpha value is -1.69. The highest BCUT2D eigenvalue weighted by Gasteiger charge is 2.32. The number of likely N-dealkylation sites (tertiary alicyclic amines) is 1. The molecule has 112 valence electrons. The molecule has 4 rings (SSSR count). The molecular weight excluding hydrogens is 266 g/mol. The van der Waals surface area contributed by atoms with Gasteiger partial charge in [0.05, 0.1) is 12.2 Å². The molecule has 0 amide bonds. The molecule has 1 unspecified atom stereocenters. The third kappa shape index (κ3) is 2.60. The van der Waals surface area contributed by atoms with Crippen molar-refractivity contribution in [3.63, 3.8) is 0 Å². The summed E-state index contributed by atoms with van der Waals surface area (Å²) in [7, 11) is 0. The molecule has 6 nitrogen and oxygen atoms in total. The van der Waals surface area contributed by atoms with E-state index in [9.17, 15) is 0 Å². The fourth-order valence-corrected chi connectivity index (χ4v) is 3.18. The standard InChI is InChI=1S/C15H21N5O/c1-10(15-18-14(19-21-15)12-2-3-12)20-6-4-11(5-7-20)13-8-16-17-9-13/h8-12H,2-7H2,1H3,(H,16,17). The van der Waals surface area contributed by atoms with Crippen LogP contribution in [0, 0.1) is 0 Å². The van der Waals surface area contributed by atoms with Gasteiger partial charge in [-0.1, -0.05) is 5.16 Å². The summed E-state index contributed by atoms with van der Waals surface area (Å²) < 4.78 is 5.46. The molecule has 0 radical (unpaired) electrons. The topological polar surface area (TPSA) is 70.8 Å². The van der Waals surface area contributed by atoms with Crippen LogP contribution in [0.4, 0.5) is 0 Å². The molecular formula is C15H21N5O. The molecule has 0 spiro atoms. The van der Waals surface area contributed by atoms with Gasteiger partial charge < -0.3 is 4.52 Å². The Labute approximate surface area is 123 Å². The van der Waals surface area contributed by atoms with E-state index in [-0.39, 0.29) is 6.04 Å². The van der Waals surface area contributed by atoms with Crippen LogP contribution in [0.3, 0.4) is 0 Å². The Kier molecular flexibility index (Phi) is 3.25. The number of hydrogen-bond acceptors (Lipinski definition) is 5. The highest BCUT2D eigenvalue weighted by atomic mass is 16.5. The van der Waals surface area contributed by atoms with Crippen molar-refractivity contribution in [2.24, 2.45) is 0 Å². The molecule has 1 saturated heterocycles. The van der Waals surface area contributed by atoms with Crippen molar-refractivity contribution in [2.75, 3.05) is 13.1 Å². The van der Waals surface area contributed by atoms with E-state index in [4.69, 9.17) is 4.52 Å². The molecule has 2 aromatic heterocycles. The third-order valence-electron chi connectivity index (χ3n) is 4.83. The van der Waals surface area contributed by atoms with Gasteiger partial charge >= 0.3 is 0 Å². The first-order valence-corrected chi connectivity index (χ1v) is 7.87. The summed E-state index contributed by atoms with van der Waals surface area (Å²) in [5.41, 5.74) is 1.33. The van der Waals surface area contributed by atoms with Gasteiger partial charge in [-0.3, -0.25) is 10.00 Å². The van der Waals surface area contributed by atoms with Crippen LogP contribution in [-0.2, 0) is 0 Å². The predicted molar refractivity (Wildman–Crippen MR) is 76.8 cm³/mol. The maximum atomic E-state index is 5.46. The maximum Gasteiger partial charge on any atom is 0.243 e. The normalized spacial score (nSPS) is 22.5. The zero-order chi connectivity index (χ0) is 14.2. The number of hydrogen-bond donors (Lipinski definition) is 1. The largest absolute Gasteiger partial charge is 0.338 e. The molecule has 1 aliphatic heterocycles. The first kappa shape index (κ1) is 13.0. The summed E-state index contributed by atoms with van der Waals surface area (Å²) in [6.07, 6.45) is 8.71. The number of rotatable bonds is 4. The lowest BCUT2D eigenvalue weighted by atomic mass is 9.91. The Morgan fingerprint density at radius 1 is 1.24 bits per heavy atom. The van der Waals surface area contributed by atoms with E-state index in [1.54, 1.807) is 0 Å². The quantitative estimate of drug-likeness (QED) is 0.936. The molecule has 1 atom stereocenters. The molecule has 21 heavy (non-hydrogen) atoms. The molecule has 2 aliphatic rings. The monoisotopic (exact) mass is 287 g/mol. The second kappa shape index (κ2) is 5.26. The Morgan fingerprint density at radius 3 is 2.71 bits per heavy atom. The van der Waals surface area contributed by atoms with Crippen molar-refractivity contribution < 1.29 is 4.52 Å². The van der Waals surface area contributed by atoms with Crippen molar-refractivity contribution in [2.45, 2.75) is 50.5 Å². The van der Waals surface area contributed by atoms with Crippen LogP contribution in [0.25, 0.3) is 0 Å². The lowest BCUT2D eigenvalue weighted by Crippen LogP contribution is -2.35. The Morgan fingerprint density at radius 2 is 2.05 bits per heavy atom. The molecule has 1 N–H and O–H groups in total. The second-order valence-electron chi connectivity index (χ2n) is 6.28. The number of nitrogens with zero attached hydrogens (tertiary/aromatic N) is 4. The third-order valence-corrected chi connectivity index (χ3v) is 4.83. The number of nitrogens with one attached hydrogen (secondary N) is 1. The lowest BCUT2D eigenvalue weighted by Gasteiger charge is -2.34. The van der Waals surface area contributed by atoms with E-state index < -0.39 is 0 Å². The van der Waals surface area contributed by atoms with Crippen molar-refractivity contribution >= 4 is 0 Å². The molecule has 6 heteroatoms. The van der Waals surface area contributed by atoms with Crippen LogP contribution < -0.4 is 0 Å². The van der Waals surface area contributed by atoms with Gasteiger partial charge in [0, 0.05) is 12.1 Å². The second-order valence-corrected chi connectivity index (χ2v) is 6.28. The number of piperidine rings is 1. The number of aromatic amines is 1. The van der Waals surface area contributed by atoms with E-state index in [2.05, 4.69) is 32.2 Å².